The summed E-state index contributed by atoms with van der Waals surface area (Å²) < 4.78 is 5.12. The molecule has 0 atom stereocenters. The van der Waals surface area contributed by atoms with Crippen molar-refractivity contribution in [2.45, 2.75) is 6.42 Å². The topological polar surface area (TPSA) is 49.8 Å². The molecule has 0 heterocycles. The highest BCUT2D eigenvalue weighted by molar-refractivity contribution is 6.30. The van der Waals surface area contributed by atoms with E-state index in [0.717, 1.165) is 0 Å². The Kier molecular flexibility index (Phi) is 5.25. The molecular formula is C12H16ClNO3. The van der Waals surface area contributed by atoms with Crippen LogP contribution < -0.4 is 4.74 Å². The minimum atomic E-state index is -0.146. The number of halogens is 1. The van der Waals surface area contributed by atoms with E-state index in [-0.39, 0.29) is 12.5 Å². The first kappa shape index (κ1) is 13.8. The Hall–Kier alpha value is -1.26. The summed E-state index contributed by atoms with van der Waals surface area (Å²) in [6, 6.07) is 4.89. The van der Waals surface area contributed by atoms with Crippen molar-refractivity contribution in [1.82, 2.24) is 4.90 Å². The third kappa shape index (κ3) is 3.61. The highest BCUT2D eigenvalue weighted by Crippen LogP contribution is 2.24. The van der Waals surface area contributed by atoms with Crippen LogP contribution in [0.4, 0.5) is 0 Å². The monoisotopic (exact) mass is 257 g/mol. The predicted octanol–water partition coefficient (Wildman–Crippen LogP) is 1.80. The van der Waals surface area contributed by atoms with Crippen LogP contribution in [-0.2, 0) is 0 Å². The summed E-state index contributed by atoms with van der Waals surface area (Å²) >= 11 is 5.83. The maximum atomic E-state index is 12.1. The molecule has 0 aromatic heterocycles. The number of hydrogen-bond acceptors (Lipinski definition) is 3. The lowest BCUT2D eigenvalue weighted by molar-refractivity contribution is 0.0783. The van der Waals surface area contributed by atoms with Gasteiger partial charge in [-0.1, -0.05) is 11.6 Å². The molecule has 1 amide bonds. The molecule has 0 bridgehead atoms. The second kappa shape index (κ2) is 6.47. The van der Waals surface area contributed by atoms with Crippen LogP contribution in [0.15, 0.2) is 18.2 Å². The molecule has 0 unspecified atom stereocenters. The van der Waals surface area contributed by atoms with Gasteiger partial charge in [-0.25, -0.2) is 0 Å². The number of rotatable bonds is 5. The number of methoxy groups -OCH3 is 1. The maximum Gasteiger partial charge on any atom is 0.257 e. The normalized spacial score (nSPS) is 10.1. The Morgan fingerprint density at radius 1 is 1.53 bits per heavy atom. The number of carbonyl (C=O) groups is 1. The summed E-state index contributed by atoms with van der Waals surface area (Å²) in [5.74, 6) is 0.310. The third-order valence-electron chi connectivity index (χ3n) is 2.39. The van der Waals surface area contributed by atoms with Crippen LogP contribution in [0, 0.1) is 0 Å². The van der Waals surface area contributed by atoms with Crippen LogP contribution in [0.3, 0.4) is 0 Å². The van der Waals surface area contributed by atoms with E-state index in [1.54, 1.807) is 30.1 Å². The van der Waals surface area contributed by atoms with Crippen LogP contribution in [0.25, 0.3) is 0 Å². The zero-order valence-electron chi connectivity index (χ0n) is 9.94. The van der Waals surface area contributed by atoms with Gasteiger partial charge >= 0.3 is 0 Å². The zero-order valence-corrected chi connectivity index (χ0v) is 10.7. The minimum absolute atomic E-state index is 0.0649. The number of carbonyl (C=O) groups excluding carboxylic acids is 1. The number of nitrogens with zero attached hydrogens (tertiary/aromatic N) is 1. The Morgan fingerprint density at radius 3 is 2.82 bits per heavy atom. The summed E-state index contributed by atoms with van der Waals surface area (Å²) in [7, 11) is 3.18. The van der Waals surface area contributed by atoms with Crippen molar-refractivity contribution in [3.05, 3.63) is 28.8 Å². The number of benzene rings is 1. The van der Waals surface area contributed by atoms with Crippen LogP contribution in [0.1, 0.15) is 16.8 Å². The number of hydrogen-bond donors (Lipinski definition) is 1. The standard InChI is InChI=1S/C12H16ClNO3/c1-14(6-3-7-15)12(16)10-5-4-9(13)8-11(10)17-2/h4-5,8,15H,3,6-7H2,1-2H3. The molecular weight excluding hydrogens is 242 g/mol. The van der Waals surface area contributed by atoms with Crippen molar-refractivity contribution in [1.29, 1.82) is 0 Å². The van der Waals surface area contributed by atoms with Crippen molar-refractivity contribution >= 4 is 17.5 Å². The Balaban J connectivity index is 2.87. The average molecular weight is 258 g/mol. The van der Waals surface area contributed by atoms with Crippen molar-refractivity contribution in [2.24, 2.45) is 0 Å². The minimum Gasteiger partial charge on any atom is -0.496 e. The number of aliphatic hydroxyl groups is 1. The summed E-state index contributed by atoms with van der Waals surface area (Å²) in [5, 5.41) is 9.25. The lowest BCUT2D eigenvalue weighted by atomic mass is 10.1. The molecule has 0 spiro atoms. The molecule has 1 aromatic carbocycles. The van der Waals surface area contributed by atoms with Gasteiger partial charge < -0.3 is 14.7 Å². The van der Waals surface area contributed by atoms with Crippen LogP contribution in [0.2, 0.25) is 5.02 Å². The van der Waals surface area contributed by atoms with Crippen LogP contribution >= 0.6 is 11.6 Å². The van der Waals surface area contributed by atoms with E-state index >= 15 is 0 Å². The van der Waals surface area contributed by atoms with E-state index in [0.29, 0.717) is 29.3 Å². The number of amides is 1. The van der Waals surface area contributed by atoms with Gasteiger partial charge in [-0.15, -0.1) is 0 Å². The molecule has 0 saturated heterocycles. The largest absolute Gasteiger partial charge is 0.496 e. The molecule has 0 saturated carbocycles. The number of aliphatic hydroxyl groups excluding tert-OH is 1. The first-order chi connectivity index (χ1) is 8.10. The Labute approximate surface area is 106 Å². The van der Waals surface area contributed by atoms with Crippen molar-refractivity contribution in [3.63, 3.8) is 0 Å². The van der Waals surface area contributed by atoms with E-state index in [1.165, 1.54) is 7.11 Å². The van der Waals surface area contributed by atoms with Gasteiger partial charge in [0.2, 0.25) is 0 Å². The summed E-state index contributed by atoms with van der Waals surface area (Å²) in [4.78, 5) is 13.6. The first-order valence-corrected chi connectivity index (χ1v) is 5.67. The van der Waals surface area contributed by atoms with Gasteiger partial charge in [0.25, 0.3) is 5.91 Å². The smallest absolute Gasteiger partial charge is 0.257 e. The third-order valence-corrected chi connectivity index (χ3v) is 2.63. The van der Waals surface area contributed by atoms with Gasteiger partial charge in [-0.3, -0.25) is 4.79 Å². The molecule has 0 aliphatic carbocycles. The lowest BCUT2D eigenvalue weighted by Gasteiger charge is -2.18. The summed E-state index contributed by atoms with van der Waals surface area (Å²) in [6.45, 7) is 0.566. The molecule has 0 aliphatic rings. The molecule has 5 heteroatoms. The van der Waals surface area contributed by atoms with Crippen LogP contribution in [-0.4, -0.2) is 43.2 Å². The molecule has 1 aromatic rings. The average Bonchev–Trinajstić information content (AvgIpc) is 2.34. The quantitative estimate of drug-likeness (QED) is 0.875. The van der Waals surface area contributed by atoms with Gasteiger partial charge in [-0.2, -0.15) is 0 Å². The van der Waals surface area contributed by atoms with Gasteiger partial charge in [0, 0.05) is 25.2 Å². The maximum absolute atomic E-state index is 12.1. The summed E-state index contributed by atoms with van der Waals surface area (Å²) in [5.41, 5.74) is 0.470. The molecule has 0 radical (unpaired) electrons. The Morgan fingerprint density at radius 2 is 2.24 bits per heavy atom. The van der Waals surface area contributed by atoms with Crippen molar-refractivity contribution in [2.75, 3.05) is 27.3 Å². The number of ether oxygens (including phenoxy) is 1. The van der Waals surface area contributed by atoms with E-state index in [9.17, 15) is 4.79 Å². The van der Waals surface area contributed by atoms with Gasteiger partial charge in [0.1, 0.15) is 5.75 Å². The van der Waals surface area contributed by atoms with Crippen molar-refractivity contribution in [3.8, 4) is 5.75 Å². The zero-order chi connectivity index (χ0) is 12.8. The summed E-state index contributed by atoms with van der Waals surface area (Å²) in [6.07, 6.45) is 0.554. The molecule has 4 nitrogen and oxygen atoms in total. The SMILES string of the molecule is COc1cc(Cl)ccc1C(=O)N(C)CCCO. The molecule has 0 aliphatic heterocycles. The van der Waals surface area contributed by atoms with Gasteiger partial charge in [0.05, 0.1) is 12.7 Å². The van der Waals surface area contributed by atoms with E-state index in [2.05, 4.69) is 0 Å². The molecule has 1 rings (SSSR count). The Bertz CT molecular complexity index is 395. The van der Waals surface area contributed by atoms with E-state index in [1.807, 2.05) is 0 Å². The highest BCUT2D eigenvalue weighted by atomic mass is 35.5. The molecule has 0 fully saturated rings. The molecule has 17 heavy (non-hydrogen) atoms. The van der Waals surface area contributed by atoms with E-state index < -0.39 is 0 Å². The van der Waals surface area contributed by atoms with Gasteiger partial charge in [0.15, 0.2) is 0 Å². The van der Waals surface area contributed by atoms with Crippen LogP contribution in [0.5, 0.6) is 5.75 Å². The fourth-order valence-corrected chi connectivity index (χ4v) is 1.62. The second-order valence-corrected chi connectivity index (χ2v) is 4.08. The fourth-order valence-electron chi connectivity index (χ4n) is 1.46. The predicted molar refractivity (Wildman–Crippen MR) is 66.7 cm³/mol. The first-order valence-electron chi connectivity index (χ1n) is 5.30. The highest BCUT2D eigenvalue weighted by Gasteiger charge is 2.16. The molecule has 1 N–H and O–H groups in total. The van der Waals surface area contributed by atoms with E-state index in [4.69, 9.17) is 21.4 Å². The lowest BCUT2D eigenvalue weighted by Crippen LogP contribution is -2.28. The second-order valence-electron chi connectivity index (χ2n) is 3.65. The molecule has 94 valence electrons. The van der Waals surface area contributed by atoms with Gasteiger partial charge in [-0.05, 0) is 24.6 Å². The van der Waals surface area contributed by atoms with Crippen molar-refractivity contribution < 1.29 is 14.6 Å². The fraction of sp³-hybridized carbons (Fsp3) is 0.417.